The molecule has 0 radical (unpaired) electrons. The van der Waals surface area contributed by atoms with E-state index in [0.29, 0.717) is 0 Å². The molecule has 9 heteroatoms. The molecule has 3 aromatic rings. The average Bonchev–Trinajstić information content (AvgIpc) is 3.03. The van der Waals surface area contributed by atoms with E-state index < -0.39 is 35.6 Å². The number of hydrogen-bond donors (Lipinski definition) is 0. The fraction of sp³-hybridized carbons (Fsp3) is 0.0625. The third kappa shape index (κ3) is 3.33. The zero-order valence-corrected chi connectivity index (χ0v) is 14.5. The van der Waals surface area contributed by atoms with Gasteiger partial charge in [0.25, 0.3) is 5.09 Å². The van der Waals surface area contributed by atoms with Crippen LogP contribution in [0.15, 0.2) is 74.0 Å². The molecule has 0 saturated heterocycles. The normalized spacial score (nSPS) is 12.2. The van der Waals surface area contributed by atoms with Gasteiger partial charge in [-0.25, -0.2) is 21.2 Å². The Morgan fingerprint density at radius 2 is 1.52 bits per heavy atom. The van der Waals surface area contributed by atoms with Crippen LogP contribution in [0.1, 0.15) is 0 Å². The molecular weight excluding hydrogens is 369 g/mol. The van der Waals surface area contributed by atoms with Crippen LogP contribution in [0.5, 0.6) is 0 Å². The minimum Gasteiger partial charge on any atom is -0.423 e. The quantitative estimate of drug-likeness (QED) is 0.690. The molecule has 1 heterocycles. The molecule has 1 aromatic heterocycles. The van der Waals surface area contributed by atoms with Gasteiger partial charge in [0.05, 0.1) is 4.90 Å². The maximum absolute atomic E-state index is 13.0. The Bertz CT molecular complexity index is 1120. The van der Waals surface area contributed by atoms with Crippen molar-refractivity contribution in [1.82, 2.24) is 4.98 Å². The van der Waals surface area contributed by atoms with Crippen LogP contribution in [0, 0.1) is 5.82 Å². The summed E-state index contributed by atoms with van der Waals surface area (Å²) < 4.78 is 67.7. The lowest BCUT2D eigenvalue weighted by molar-refractivity contribution is 0.447. The van der Waals surface area contributed by atoms with Gasteiger partial charge in [-0.2, -0.15) is 4.98 Å². The topological polar surface area (TPSA) is 94.3 Å². The lowest BCUT2D eigenvalue weighted by Gasteiger charge is -2.01. The fourth-order valence-corrected chi connectivity index (χ4v) is 4.70. The Balaban J connectivity index is 2.24. The van der Waals surface area contributed by atoms with E-state index in [1.807, 2.05) is 0 Å². The fourth-order valence-electron chi connectivity index (χ4n) is 2.12. The third-order valence-electron chi connectivity index (χ3n) is 3.30. The first-order chi connectivity index (χ1) is 11.7. The van der Waals surface area contributed by atoms with Crippen molar-refractivity contribution in [2.45, 2.75) is 15.0 Å². The summed E-state index contributed by atoms with van der Waals surface area (Å²) in [5.41, 5.74) is 0.251. The summed E-state index contributed by atoms with van der Waals surface area (Å²) in [6, 6.07) is 12.2. The average molecular weight is 381 g/mol. The van der Waals surface area contributed by atoms with Gasteiger partial charge in [-0.15, -0.1) is 0 Å². The van der Waals surface area contributed by atoms with Gasteiger partial charge in [-0.05, 0) is 36.4 Å². The van der Waals surface area contributed by atoms with Crippen LogP contribution in [0.4, 0.5) is 4.39 Å². The third-order valence-corrected chi connectivity index (χ3v) is 6.06. The van der Waals surface area contributed by atoms with E-state index in [2.05, 4.69) is 4.98 Å². The summed E-state index contributed by atoms with van der Waals surface area (Å²) in [6.45, 7) is 0. The number of aromatic nitrogens is 1. The highest BCUT2D eigenvalue weighted by Crippen LogP contribution is 2.31. The molecule has 0 spiro atoms. The largest absolute Gasteiger partial charge is 0.423 e. The van der Waals surface area contributed by atoms with E-state index in [1.165, 1.54) is 36.4 Å². The first-order valence-corrected chi connectivity index (χ1v) is 10.3. The molecular formula is C16H12FNO5S2. The summed E-state index contributed by atoms with van der Waals surface area (Å²) in [5.74, 6) is -0.731. The lowest BCUT2D eigenvalue weighted by atomic mass is 10.2. The van der Waals surface area contributed by atoms with Gasteiger partial charge in [0.1, 0.15) is 5.82 Å². The smallest absolute Gasteiger partial charge is 0.258 e. The first-order valence-electron chi connectivity index (χ1n) is 6.96. The molecule has 6 nitrogen and oxygen atoms in total. The summed E-state index contributed by atoms with van der Waals surface area (Å²) >= 11 is 0. The second-order valence-corrected chi connectivity index (χ2v) is 8.99. The van der Waals surface area contributed by atoms with Gasteiger partial charge >= 0.3 is 0 Å². The van der Waals surface area contributed by atoms with E-state index in [0.717, 1.165) is 18.4 Å². The van der Waals surface area contributed by atoms with Crippen molar-refractivity contribution in [2.24, 2.45) is 0 Å². The standard InChI is InChI=1S/C16H12FNO5S2/c1-24(19,20)16-15(25(21,22)13-5-3-2-4-6-13)18-14(23-16)11-7-9-12(17)10-8-11/h2-10H,1H3. The van der Waals surface area contributed by atoms with Crippen LogP contribution in [-0.4, -0.2) is 28.1 Å². The lowest BCUT2D eigenvalue weighted by Crippen LogP contribution is -2.08. The van der Waals surface area contributed by atoms with Crippen molar-refractivity contribution in [2.75, 3.05) is 6.26 Å². The van der Waals surface area contributed by atoms with Gasteiger partial charge in [-0.1, -0.05) is 18.2 Å². The highest BCUT2D eigenvalue weighted by atomic mass is 32.2. The van der Waals surface area contributed by atoms with Gasteiger partial charge in [-0.3, -0.25) is 0 Å². The SMILES string of the molecule is CS(=O)(=O)c1oc(-c2ccc(F)cc2)nc1S(=O)(=O)c1ccccc1. The molecule has 0 aliphatic rings. The predicted octanol–water partition coefficient (Wildman–Crippen LogP) is 2.72. The van der Waals surface area contributed by atoms with Crippen LogP contribution >= 0.6 is 0 Å². The molecule has 0 fully saturated rings. The Kier molecular flexibility index (Phi) is 4.21. The van der Waals surface area contributed by atoms with E-state index in [4.69, 9.17) is 4.42 Å². The number of hydrogen-bond acceptors (Lipinski definition) is 6. The van der Waals surface area contributed by atoms with Crippen molar-refractivity contribution in [3.8, 4) is 11.5 Å². The molecule has 0 atom stereocenters. The summed E-state index contributed by atoms with van der Waals surface area (Å²) in [5, 5.41) is -1.45. The highest BCUT2D eigenvalue weighted by Gasteiger charge is 2.33. The van der Waals surface area contributed by atoms with Crippen LogP contribution < -0.4 is 0 Å². The number of oxazole rings is 1. The van der Waals surface area contributed by atoms with Crippen LogP contribution in [0.3, 0.4) is 0 Å². The van der Waals surface area contributed by atoms with Gasteiger partial charge < -0.3 is 4.42 Å². The molecule has 0 amide bonds. The Labute approximate surface area is 143 Å². The van der Waals surface area contributed by atoms with Gasteiger partial charge in [0.2, 0.25) is 30.6 Å². The van der Waals surface area contributed by atoms with Gasteiger partial charge in [0.15, 0.2) is 0 Å². The number of rotatable bonds is 4. The molecule has 0 aliphatic heterocycles. The minimum atomic E-state index is -4.21. The van der Waals surface area contributed by atoms with Crippen molar-refractivity contribution in [3.05, 3.63) is 60.4 Å². The minimum absolute atomic E-state index is 0.112. The Morgan fingerprint density at radius 1 is 0.920 bits per heavy atom. The number of nitrogens with zero attached hydrogens (tertiary/aromatic N) is 1. The molecule has 0 aliphatic carbocycles. The molecule has 2 aromatic carbocycles. The zero-order chi connectivity index (χ0) is 18.2. The van der Waals surface area contributed by atoms with E-state index >= 15 is 0 Å². The maximum atomic E-state index is 13.0. The second-order valence-electron chi connectivity index (χ2n) is 5.21. The van der Waals surface area contributed by atoms with Crippen LogP contribution in [0.25, 0.3) is 11.5 Å². The molecule has 0 unspecified atom stereocenters. The Morgan fingerprint density at radius 3 is 2.08 bits per heavy atom. The van der Waals surface area contributed by atoms with Crippen LogP contribution in [0.2, 0.25) is 0 Å². The summed E-state index contributed by atoms with van der Waals surface area (Å²) in [6.07, 6.45) is 0.825. The molecule has 0 N–H and O–H groups in total. The number of halogens is 1. The van der Waals surface area contributed by atoms with E-state index in [1.54, 1.807) is 6.07 Å². The predicted molar refractivity (Wildman–Crippen MR) is 86.9 cm³/mol. The van der Waals surface area contributed by atoms with E-state index in [-0.39, 0.29) is 16.3 Å². The molecule has 0 saturated carbocycles. The molecule has 3 rings (SSSR count). The molecule has 25 heavy (non-hydrogen) atoms. The number of benzene rings is 2. The van der Waals surface area contributed by atoms with Crippen LogP contribution in [-0.2, 0) is 19.7 Å². The van der Waals surface area contributed by atoms with Crippen molar-refractivity contribution >= 4 is 19.7 Å². The molecule has 130 valence electrons. The zero-order valence-electron chi connectivity index (χ0n) is 12.9. The number of sulfone groups is 2. The maximum Gasteiger partial charge on any atom is 0.258 e. The summed E-state index contributed by atoms with van der Waals surface area (Å²) in [4.78, 5) is 3.76. The monoisotopic (exact) mass is 381 g/mol. The van der Waals surface area contributed by atoms with E-state index in [9.17, 15) is 21.2 Å². The highest BCUT2D eigenvalue weighted by molar-refractivity contribution is 7.94. The summed E-state index contributed by atoms with van der Waals surface area (Å²) in [7, 11) is -8.21. The molecule has 0 bridgehead atoms. The van der Waals surface area contributed by atoms with Crippen molar-refractivity contribution < 1.29 is 25.6 Å². The van der Waals surface area contributed by atoms with Crippen molar-refractivity contribution in [3.63, 3.8) is 0 Å². The second kappa shape index (κ2) is 6.08. The first kappa shape index (κ1) is 17.3. The van der Waals surface area contributed by atoms with Crippen molar-refractivity contribution in [1.29, 1.82) is 0 Å². The Hall–Kier alpha value is -2.52. The van der Waals surface area contributed by atoms with Gasteiger partial charge in [0, 0.05) is 11.8 Å².